The second kappa shape index (κ2) is 12.8. The molecule has 2 aliphatic rings. The zero-order valence-electron chi connectivity index (χ0n) is 16.8. The minimum absolute atomic E-state index is 0.0273. The third-order valence-corrected chi connectivity index (χ3v) is 5.39. The van der Waals surface area contributed by atoms with Gasteiger partial charge < -0.3 is 18.9 Å². The summed E-state index contributed by atoms with van der Waals surface area (Å²) in [6, 6.07) is 0. The summed E-state index contributed by atoms with van der Waals surface area (Å²) in [5, 5.41) is 0. The van der Waals surface area contributed by atoms with Crippen molar-refractivity contribution in [3.63, 3.8) is 0 Å². The summed E-state index contributed by atoms with van der Waals surface area (Å²) in [6.45, 7) is 2.42. The highest BCUT2D eigenvalue weighted by Crippen LogP contribution is 2.23. The topological polar surface area (TPSA) is 71.1 Å². The zero-order valence-corrected chi connectivity index (χ0v) is 16.8. The van der Waals surface area contributed by atoms with Gasteiger partial charge in [0, 0.05) is 0 Å². The second-order valence-corrected chi connectivity index (χ2v) is 7.77. The quantitative estimate of drug-likeness (QED) is 0.344. The molecule has 2 rings (SSSR count). The van der Waals surface area contributed by atoms with Crippen LogP contribution in [0, 0.1) is 0 Å². The Morgan fingerprint density at radius 3 is 2.04 bits per heavy atom. The second-order valence-electron chi connectivity index (χ2n) is 7.77. The molecule has 1 unspecified atom stereocenters. The minimum atomic E-state index is -0.552. The van der Waals surface area contributed by atoms with E-state index in [1.807, 2.05) is 0 Å². The van der Waals surface area contributed by atoms with Crippen molar-refractivity contribution in [3.05, 3.63) is 0 Å². The van der Waals surface area contributed by atoms with Crippen molar-refractivity contribution in [1.29, 1.82) is 0 Å². The molecule has 2 fully saturated rings. The van der Waals surface area contributed by atoms with Crippen LogP contribution in [-0.2, 0) is 18.9 Å². The number of carbonyl (C=O) groups excluding carboxylic acids is 2. The van der Waals surface area contributed by atoms with Crippen LogP contribution in [0.1, 0.15) is 96.8 Å². The Morgan fingerprint density at radius 1 is 0.815 bits per heavy atom. The van der Waals surface area contributed by atoms with Gasteiger partial charge in [0.1, 0.15) is 18.3 Å². The Hall–Kier alpha value is -1.46. The maximum absolute atomic E-state index is 11.9. The molecule has 0 aromatic heterocycles. The van der Waals surface area contributed by atoms with E-state index in [4.69, 9.17) is 18.9 Å². The molecule has 0 amide bonds. The fourth-order valence-electron chi connectivity index (χ4n) is 3.87. The van der Waals surface area contributed by atoms with Gasteiger partial charge in [0.15, 0.2) is 0 Å². The third kappa shape index (κ3) is 9.34. The number of rotatable bonds is 10. The first-order valence-corrected chi connectivity index (χ1v) is 10.9. The molecule has 0 aromatic carbocycles. The summed E-state index contributed by atoms with van der Waals surface area (Å²) in [6.07, 6.45) is 12.5. The molecule has 27 heavy (non-hydrogen) atoms. The van der Waals surface area contributed by atoms with Gasteiger partial charge in [0.05, 0.1) is 6.61 Å². The third-order valence-electron chi connectivity index (χ3n) is 5.39. The summed E-state index contributed by atoms with van der Waals surface area (Å²) in [4.78, 5) is 23.6. The Kier molecular flexibility index (Phi) is 10.4. The number of carbonyl (C=O) groups is 2. The SMILES string of the molecule is CCCC(CCCCOC(=O)OC1CCCCC1)OC(=O)OC1CCCC1. The van der Waals surface area contributed by atoms with Crippen molar-refractivity contribution in [2.75, 3.05) is 6.61 Å². The van der Waals surface area contributed by atoms with Gasteiger partial charge in [-0.3, -0.25) is 0 Å². The number of hydrogen-bond donors (Lipinski definition) is 0. The van der Waals surface area contributed by atoms with Crippen molar-refractivity contribution in [3.8, 4) is 0 Å². The van der Waals surface area contributed by atoms with Crippen molar-refractivity contribution >= 4 is 12.3 Å². The summed E-state index contributed by atoms with van der Waals surface area (Å²) in [5.74, 6) is 0. The van der Waals surface area contributed by atoms with Gasteiger partial charge in [-0.15, -0.1) is 0 Å². The minimum Gasteiger partial charge on any atom is -0.434 e. The first-order chi connectivity index (χ1) is 13.2. The molecule has 0 aromatic rings. The predicted molar refractivity (Wildman–Crippen MR) is 102 cm³/mol. The van der Waals surface area contributed by atoms with Crippen LogP contribution in [0.5, 0.6) is 0 Å². The number of hydrogen-bond acceptors (Lipinski definition) is 6. The van der Waals surface area contributed by atoms with Crippen LogP contribution in [0.3, 0.4) is 0 Å². The van der Waals surface area contributed by atoms with Crippen LogP contribution >= 0.6 is 0 Å². The summed E-state index contributed by atoms with van der Waals surface area (Å²) in [5.41, 5.74) is 0. The molecule has 0 bridgehead atoms. The molecule has 0 heterocycles. The van der Waals surface area contributed by atoms with Gasteiger partial charge >= 0.3 is 12.3 Å². The Labute approximate surface area is 163 Å². The molecule has 6 nitrogen and oxygen atoms in total. The molecule has 6 heteroatoms. The Morgan fingerprint density at radius 2 is 1.41 bits per heavy atom. The van der Waals surface area contributed by atoms with Crippen LogP contribution in [0.25, 0.3) is 0 Å². The lowest BCUT2D eigenvalue weighted by atomic mass is 9.98. The van der Waals surface area contributed by atoms with E-state index < -0.39 is 12.3 Å². The van der Waals surface area contributed by atoms with Gasteiger partial charge in [-0.2, -0.15) is 0 Å². The Bertz CT molecular complexity index is 426. The molecular weight excluding hydrogens is 348 g/mol. The van der Waals surface area contributed by atoms with Crippen LogP contribution in [0.15, 0.2) is 0 Å². The van der Waals surface area contributed by atoms with Crippen molar-refractivity contribution in [2.45, 2.75) is 115 Å². The fraction of sp³-hybridized carbons (Fsp3) is 0.905. The lowest BCUT2D eigenvalue weighted by molar-refractivity contribution is -0.00584. The molecule has 0 saturated heterocycles. The van der Waals surface area contributed by atoms with E-state index in [0.717, 1.165) is 83.5 Å². The summed E-state index contributed by atoms with van der Waals surface area (Å²) in [7, 11) is 0. The van der Waals surface area contributed by atoms with E-state index in [1.165, 1.54) is 6.42 Å². The molecule has 1 atom stereocenters. The van der Waals surface area contributed by atoms with Gasteiger partial charge in [0.25, 0.3) is 0 Å². The van der Waals surface area contributed by atoms with Crippen molar-refractivity contribution in [1.82, 2.24) is 0 Å². The van der Waals surface area contributed by atoms with Crippen LogP contribution < -0.4 is 0 Å². The highest BCUT2D eigenvalue weighted by atomic mass is 16.7. The van der Waals surface area contributed by atoms with Crippen molar-refractivity contribution in [2.24, 2.45) is 0 Å². The first kappa shape index (κ1) is 21.8. The van der Waals surface area contributed by atoms with Crippen LogP contribution in [-0.4, -0.2) is 37.2 Å². The van der Waals surface area contributed by atoms with Crippen LogP contribution in [0.2, 0.25) is 0 Å². The molecule has 0 spiro atoms. The molecule has 0 aliphatic heterocycles. The predicted octanol–water partition coefficient (Wildman–Crippen LogP) is 5.91. The van der Waals surface area contributed by atoms with Gasteiger partial charge in [-0.1, -0.05) is 19.8 Å². The zero-order chi connectivity index (χ0) is 19.3. The van der Waals surface area contributed by atoms with E-state index in [0.29, 0.717) is 6.61 Å². The highest BCUT2D eigenvalue weighted by molar-refractivity contribution is 5.60. The van der Waals surface area contributed by atoms with Crippen molar-refractivity contribution < 1.29 is 28.5 Å². The van der Waals surface area contributed by atoms with E-state index in [9.17, 15) is 9.59 Å². The molecule has 2 saturated carbocycles. The average molecular weight is 385 g/mol. The monoisotopic (exact) mass is 384 g/mol. The number of ether oxygens (including phenoxy) is 4. The average Bonchev–Trinajstić information content (AvgIpc) is 3.15. The van der Waals surface area contributed by atoms with Gasteiger partial charge in [-0.05, 0) is 77.0 Å². The standard InChI is InChI=1S/C21H36O6/c1-2-10-17(26-21(23)27-19-13-6-7-14-19)15-8-9-16-24-20(22)25-18-11-4-3-5-12-18/h17-19H,2-16H2,1H3. The van der Waals surface area contributed by atoms with Gasteiger partial charge in [0.2, 0.25) is 0 Å². The fourth-order valence-corrected chi connectivity index (χ4v) is 3.87. The maximum atomic E-state index is 11.9. The normalized spacial score (nSPS) is 19.4. The summed E-state index contributed by atoms with van der Waals surface area (Å²) < 4.78 is 21.3. The van der Waals surface area contributed by atoms with E-state index in [1.54, 1.807) is 0 Å². The van der Waals surface area contributed by atoms with Crippen LogP contribution in [0.4, 0.5) is 9.59 Å². The highest BCUT2D eigenvalue weighted by Gasteiger charge is 2.22. The largest absolute Gasteiger partial charge is 0.508 e. The molecule has 2 aliphatic carbocycles. The summed E-state index contributed by atoms with van der Waals surface area (Å²) >= 11 is 0. The smallest absolute Gasteiger partial charge is 0.434 e. The van der Waals surface area contributed by atoms with E-state index >= 15 is 0 Å². The lowest BCUT2D eigenvalue weighted by Gasteiger charge is -2.21. The first-order valence-electron chi connectivity index (χ1n) is 10.9. The molecule has 0 N–H and O–H groups in total. The Balaban J connectivity index is 1.53. The molecule has 156 valence electrons. The lowest BCUT2D eigenvalue weighted by Crippen LogP contribution is -2.23. The van der Waals surface area contributed by atoms with E-state index in [2.05, 4.69) is 6.92 Å². The van der Waals surface area contributed by atoms with E-state index in [-0.39, 0.29) is 18.3 Å². The number of unbranched alkanes of at least 4 members (excludes halogenated alkanes) is 1. The molecule has 0 radical (unpaired) electrons. The maximum Gasteiger partial charge on any atom is 0.508 e. The molecular formula is C21H36O6. The van der Waals surface area contributed by atoms with Gasteiger partial charge in [-0.25, -0.2) is 9.59 Å².